The van der Waals surface area contributed by atoms with Gasteiger partial charge < -0.3 is 19.3 Å². The number of carbonyl (C=O) groups excluding carboxylic acids is 2. The molecule has 0 N–H and O–H groups in total. The summed E-state index contributed by atoms with van der Waals surface area (Å²) in [6, 6.07) is 12.2. The molecular weight excluding hydrogens is 356 g/mol. The van der Waals surface area contributed by atoms with Gasteiger partial charge in [0, 0.05) is 26.7 Å². The van der Waals surface area contributed by atoms with E-state index in [9.17, 15) is 9.59 Å². The highest BCUT2D eigenvalue weighted by Crippen LogP contribution is 2.24. The fourth-order valence-electron chi connectivity index (χ4n) is 3.72. The van der Waals surface area contributed by atoms with Crippen molar-refractivity contribution >= 4 is 22.8 Å². The third kappa shape index (κ3) is 4.55. The van der Waals surface area contributed by atoms with E-state index in [0.29, 0.717) is 26.2 Å². The zero-order chi connectivity index (χ0) is 20.1. The monoisotopic (exact) mass is 384 g/mol. The van der Waals surface area contributed by atoms with Crippen LogP contribution in [0.3, 0.4) is 0 Å². The lowest BCUT2D eigenvalue weighted by Crippen LogP contribution is -2.45. The summed E-state index contributed by atoms with van der Waals surface area (Å²) in [6.07, 6.45) is 1.30. The number of methoxy groups -OCH3 is 1. The van der Waals surface area contributed by atoms with Crippen molar-refractivity contribution in [1.82, 2.24) is 9.80 Å². The van der Waals surface area contributed by atoms with Gasteiger partial charge in [0.25, 0.3) is 0 Å². The molecule has 6 nitrogen and oxygen atoms in total. The molecule has 2 aromatic carbocycles. The summed E-state index contributed by atoms with van der Waals surface area (Å²) in [5, 5.41) is 2.22. The number of ether oxygens (including phenoxy) is 2. The van der Waals surface area contributed by atoms with Gasteiger partial charge in [0.15, 0.2) is 0 Å². The van der Waals surface area contributed by atoms with E-state index >= 15 is 0 Å². The maximum atomic E-state index is 12.9. The summed E-state index contributed by atoms with van der Waals surface area (Å²) >= 11 is 0. The van der Waals surface area contributed by atoms with Crippen LogP contribution in [0, 0.1) is 5.92 Å². The first-order valence-corrected chi connectivity index (χ1v) is 9.75. The molecule has 1 fully saturated rings. The molecule has 1 saturated heterocycles. The normalized spacial score (nSPS) is 16.7. The van der Waals surface area contributed by atoms with E-state index in [0.717, 1.165) is 34.9 Å². The van der Waals surface area contributed by atoms with Crippen LogP contribution in [0.4, 0.5) is 4.79 Å². The number of hydrogen-bond donors (Lipinski definition) is 0. The van der Waals surface area contributed by atoms with Gasteiger partial charge in [0.2, 0.25) is 5.91 Å². The molecule has 0 radical (unpaired) electrons. The molecule has 1 aliphatic rings. The number of hydrogen-bond acceptors (Lipinski definition) is 4. The van der Waals surface area contributed by atoms with E-state index in [1.54, 1.807) is 23.8 Å². The Kier molecular flexibility index (Phi) is 6.39. The number of likely N-dealkylation sites (tertiary alicyclic amines) is 1. The quantitative estimate of drug-likeness (QED) is 0.789. The van der Waals surface area contributed by atoms with Gasteiger partial charge in [0.1, 0.15) is 5.75 Å². The average Bonchev–Trinajstić information content (AvgIpc) is 2.73. The van der Waals surface area contributed by atoms with E-state index in [1.807, 2.05) is 31.3 Å². The molecule has 0 aromatic heterocycles. The fourth-order valence-corrected chi connectivity index (χ4v) is 3.72. The molecular formula is C22H28N2O4. The number of rotatable bonds is 5. The van der Waals surface area contributed by atoms with Gasteiger partial charge in [-0.1, -0.05) is 18.2 Å². The third-order valence-electron chi connectivity index (χ3n) is 5.20. The average molecular weight is 384 g/mol. The van der Waals surface area contributed by atoms with Crippen LogP contribution in [0.15, 0.2) is 36.4 Å². The van der Waals surface area contributed by atoms with Gasteiger partial charge in [-0.25, -0.2) is 4.79 Å². The SMILES string of the molecule is CCOC(=O)N1CCCC(C(=O)N(C)Cc2ccc3cc(OC)ccc3c2)C1. The first kappa shape index (κ1) is 20.0. The Labute approximate surface area is 166 Å². The van der Waals surface area contributed by atoms with Gasteiger partial charge in [-0.2, -0.15) is 0 Å². The molecule has 1 atom stereocenters. The summed E-state index contributed by atoms with van der Waals surface area (Å²) in [5.74, 6) is 0.729. The Balaban J connectivity index is 1.65. The van der Waals surface area contributed by atoms with E-state index in [2.05, 4.69) is 12.1 Å². The van der Waals surface area contributed by atoms with Crippen LogP contribution in [0.1, 0.15) is 25.3 Å². The largest absolute Gasteiger partial charge is 0.497 e. The van der Waals surface area contributed by atoms with Crippen molar-refractivity contribution in [3.05, 3.63) is 42.0 Å². The fraction of sp³-hybridized carbons (Fsp3) is 0.455. The molecule has 0 bridgehead atoms. The summed E-state index contributed by atoms with van der Waals surface area (Å²) in [6.45, 7) is 3.76. The molecule has 2 aromatic rings. The minimum Gasteiger partial charge on any atom is -0.497 e. The maximum absolute atomic E-state index is 12.9. The van der Waals surface area contributed by atoms with Crippen molar-refractivity contribution < 1.29 is 19.1 Å². The molecule has 3 rings (SSSR count). The number of amides is 2. The lowest BCUT2D eigenvalue weighted by Gasteiger charge is -2.33. The molecule has 0 aliphatic carbocycles. The van der Waals surface area contributed by atoms with Crippen molar-refractivity contribution in [3.8, 4) is 5.75 Å². The van der Waals surface area contributed by atoms with Crippen molar-refractivity contribution in [1.29, 1.82) is 0 Å². The third-order valence-corrected chi connectivity index (χ3v) is 5.20. The topological polar surface area (TPSA) is 59.1 Å². The van der Waals surface area contributed by atoms with E-state index in [4.69, 9.17) is 9.47 Å². The van der Waals surface area contributed by atoms with Crippen LogP contribution in [0.25, 0.3) is 10.8 Å². The number of carbonyl (C=O) groups is 2. The zero-order valence-corrected chi connectivity index (χ0v) is 16.8. The van der Waals surface area contributed by atoms with Crippen LogP contribution in [0.5, 0.6) is 5.75 Å². The van der Waals surface area contributed by atoms with Crippen molar-refractivity contribution in [2.24, 2.45) is 5.92 Å². The highest BCUT2D eigenvalue weighted by molar-refractivity contribution is 5.85. The second-order valence-electron chi connectivity index (χ2n) is 7.23. The molecule has 6 heteroatoms. The minimum atomic E-state index is -0.326. The van der Waals surface area contributed by atoms with E-state index in [-0.39, 0.29) is 17.9 Å². The maximum Gasteiger partial charge on any atom is 0.409 e. The summed E-state index contributed by atoms with van der Waals surface area (Å²) < 4.78 is 10.3. The van der Waals surface area contributed by atoms with Crippen LogP contribution in [0.2, 0.25) is 0 Å². The van der Waals surface area contributed by atoms with Crippen molar-refractivity contribution in [2.75, 3.05) is 33.9 Å². The summed E-state index contributed by atoms with van der Waals surface area (Å²) in [7, 11) is 3.48. The molecule has 0 saturated carbocycles. The number of nitrogens with zero attached hydrogens (tertiary/aromatic N) is 2. The Morgan fingerprint density at radius 1 is 1.18 bits per heavy atom. The smallest absolute Gasteiger partial charge is 0.409 e. The molecule has 1 heterocycles. The Bertz CT molecular complexity index is 852. The van der Waals surface area contributed by atoms with Gasteiger partial charge in [-0.05, 0) is 54.3 Å². The molecule has 1 aliphatic heterocycles. The summed E-state index contributed by atoms with van der Waals surface area (Å²) in [4.78, 5) is 28.3. The Morgan fingerprint density at radius 2 is 1.93 bits per heavy atom. The minimum absolute atomic E-state index is 0.0730. The Hall–Kier alpha value is -2.76. The molecule has 1 unspecified atom stereocenters. The highest BCUT2D eigenvalue weighted by atomic mass is 16.6. The van der Waals surface area contributed by atoms with Crippen molar-refractivity contribution in [3.63, 3.8) is 0 Å². The van der Waals surface area contributed by atoms with Gasteiger partial charge >= 0.3 is 6.09 Å². The zero-order valence-electron chi connectivity index (χ0n) is 16.8. The van der Waals surface area contributed by atoms with Gasteiger partial charge in [0.05, 0.1) is 19.6 Å². The first-order valence-electron chi connectivity index (χ1n) is 9.75. The first-order chi connectivity index (χ1) is 13.5. The second kappa shape index (κ2) is 8.95. The predicted molar refractivity (Wildman–Crippen MR) is 108 cm³/mol. The van der Waals surface area contributed by atoms with Crippen LogP contribution in [-0.2, 0) is 16.1 Å². The Morgan fingerprint density at radius 3 is 2.68 bits per heavy atom. The lowest BCUT2D eigenvalue weighted by atomic mass is 9.96. The van der Waals surface area contributed by atoms with Crippen LogP contribution < -0.4 is 4.74 Å². The van der Waals surface area contributed by atoms with Crippen molar-refractivity contribution in [2.45, 2.75) is 26.3 Å². The van der Waals surface area contributed by atoms with Gasteiger partial charge in [-0.15, -0.1) is 0 Å². The van der Waals surface area contributed by atoms with Crippen LogP contribution >= 0.6 is 0 Å². The van der Waals surface area contributed by atoms with E-state index < -0.39 is 0 Å². The van der Waals surface area contributed by atoms with E-state index in [1.165, 1.54) is 0 Å². The molecule has 150 valence electrons. The lowest BCUT2D eigenvalue weighted by molar-refractivity contribution is -0.136. The second-order valence-corrected chi connectivity index (χ2v) is 7.23. The molecule has 2 amide bonds. The summed E-state index contributed by atoms with van der Waals surface area (Å²) in [5.41, 5.74) is 1.08. The molecule has 28 heavy (non-hydrogen) atoms. The number of benzene rings is 2. The number of piperidine rings is 1. The number of fused-ring (bicyclic) bond motifs is 1. The van der Waals surface area contributed by atoms with Gasteiger partial charge in [-0.3, -0.25) is 4.79 Å². The molecule has 0 spiro atoms. The predicted octanol–water partition coefficient (Wildman–Crippen LogP) is 3.68. The highest BCUT2D eigenvalue weighted by Gasteiger charge is 2.30. The van der Waals surface area contributed by atoms with Crippen LogP contribution in [-0.4, -0.2) is 55.7 Å². The standard InChI is InChI=1S/C22H28N2O4/c1-4-28-22(26)24-11-5-6-19(15-24)21(25)23(2)14-16-7-8-18-13-20(27-3)10-9-17(18)12-16/h7-10,12-13,19H,4-6,11,14-15H2,1-3H3.